The topological polar surface area (TPSA) is 76.5 Å². The first kappa shape index (κ1) is 14.6. The molecule has 0 saturated heterocycles. The van der Waals surface area contributed by atoms with Crippen molar-refractivity contribution in [2.75, 3.05) is 11.4 Å². The van der Waals surface area contributed by atoms with Crippen molar-refractivity contribution in [2.24, 2.45) is 5.73 Å². The van der Waals surface area contributed by atoms with Crippen LogP contribution in [0.4, 0.5) is 5.69 Å². The van der Waals surface area contributed by atoms with Crippen molar-refractivity contribution < 1.29 is 12.8 Å². The zero-order valence-corrected chi connectivity index (χ0v) is 12.6. The van der Waals surface area contributed by atoms with Gasteiger partial charge >= 0.3 is 0 Å². The van der Waals surface area contributed by atoms with Crippen molar-refractivity contribution in [3.8, 4) is 0 Å². The summed E-state index contributed by atoms with van der Waals surface area (Å²) in [7, 11) is -2.19. The van der Waals surface area contributed by atoms with Gasteiger partial charge in [-0.3, -0.25) is 4.31 Å². The zero-order valence-electron chi connectivity index (χ0n) is 11.8. The summed E-state index contributed by atoms with van der Waals surface area (Å²) in [5.41, 5.74) is 8.03. The number of sulfonamides is 1. The molecule has 0 aliphatic carbocycles. The third-order valence-corrected chi connectivity index (χ3v) is 4.79. The molecular formula is C14H18N2O3S. The van der Waals surface area contributed by atoms with Crippen molar-refractivity contribution >= 4 is 15.7 Å². The van der Waals surface area contributed by atoms with Gasteiger partial charge in [0.1, 0.15) is 5.76 Å². The highest BCUT2D eigenvalue weighted by atomic mass is 32.2. The Morgan fingerprint density at radius 3 is 2.45 bits per heavy atom. The highest BCUT2D eigenvalue weighted by Gasteiger charge is 2.25. The molecule has 0 spiro atoms. The van der Waals surface area contributed by atoms with E-state index in [1.165, 1.54) is 17.4 Å². The van der Waals surface area contributed by atoms with Gasteiger partial charge < -0.3 is 10.2 Å². The lowest BCUT2D eigenvalue weighted by atomic mass is 10.1. The molecule has 1 aromatic heterocycles. The van der Waals surface area contributed by atoms with Gasteiger partial charge in [0.15, 0.2) is 0 Å². The van der Waals surface area contributed by atoms with Crippen LogP contribution in [0.25, 0.3) is 0 Å². The van der Waals surface area contributed by atoms with Gasteiger partial charge in [0.2, 0.25) is 5.09 Å². The summed E-state index contributed by atoms with van der Waals surface area (Å²) in [6.07, 6.45) is 0. The smallest absolute Gasteiger partial charge is 0.297 e. The average molecular weight is 294 g/mol. The molecule has 108 valence electrons. The van der Waals surface area contributed by atoms with E-state index >= 15 is 0 Å². The Bertz CT molecular complexity index is 720. The fraction of sp³-hybridized carbons (Fsp3) is 0.286. The lowest BCUT2D eigenvalue weighted by Gasteiger charge is -2.20. The number of aryl methyl sites for hydroxylation is 2. The summed E-state index contributed by atoms with van der Waals surface area (Å²) >= 11 is 0. The number of nitrogens with zero attached hydrogens (tertiary/aromatic N) is 1. The maximum Gasteiger partial charge on any atom is 0.297 e. The fourth-order valence-corrected chi connectivity index (χ4v) is 3.22. The van der Waals surface area contributed by atoms with Crippen molar-refractivity contribution in [1.29, 1.82) is 0 Å². The van der Waals surface area contributed by atoms with Gasteiger partial charge in [-0.1, -0.05) is 17.7 Å². The monoisotopic (exact) mass is 294 g/mol. The van der Waals surface area contributed by atoms with Gasteiger partial charge in [-0.15, -0.1) is 0 Å². The summed E-state index contributed by atoms with van der Waals surface area (Å²) in [6, 6.07) is 8.60. The number of rotatable bonds is 4. The molecule has 1 aromatic carbocycles. The maximum absolute atomic E-state index is 12.5. The molecule has 0 radical (unpaired) electrons. The summed E-state index contributed by atoms with van der Waals surface area (Å²) < 4.78 is 31.5. The molecule has 0 aliphatic heterocycles. The maximum atomic E-state index is 12.5. The molecule has 0 atom stereocenters. The van der Waals surface area contributed by atoms with Crippen molar-refractivity contribution in [2.45, 2.75) is 25.5 Å². The van der Waals surface area contributed by atoms with Crippen LogP contribution in [-0.4, -0.2) is 15.5 Å². The summed E-state index contributed by atoms with van der Waals surface area (Å²) in [6.45, 7) is 4.01. The Morgan fingerprint density at radius 2 is 1.90 bits per heavy atom. The third kappa shape index (κ3) is 2.57. The molecule has 0 unspecified atom stereocenters. The van der Waals surface area contributed by atoms with Crippen LogP contribution in [-0.2, 0) is 16.6 Å². The second kappa shape index (κ2) is 5.30. The lowest BCUT2D eigenvalue weighted by molar-refractivity contribution is 0.415. The predicted molar refractivity (Wildman–Crippen MR) is 78.1 cm³/mol. The van der Waals surface area contributed by atoms with Crippen LogP contribution in [0.15, 0.2) is 39.8 Å². The minimum Gasteiger partial charge on any atom is -0.446 e. The SMILES string of the molecule is Cc1ccc(N(C)S(=O)(=O)c2ccc(CN)o2)c(C)c1. The highest BCUT2D eigenvalue weighted by Crippen LogP contribution is 2.26. The molecule has 2 N–H and O–H groups in total. The number of hydrogen-bond acceptors (Lipinski definition) is 4. The van der Waals surface area contributed by atoms with Crippen LogP contribution in [0, 0.1) is 13.8 Å². The van der Waals surface area contributed by atoms with Gasteiger partial charge in [-0.25, -0.2) is 0 Å². The van der Waals surface area contributed by atoms with E-state index in [4.69, 9.17) is 10.2 Å². The molecule has 1 heterocycles. The Kier molecular flexibility index (Phi) is 3.87. The van der Waals surface area contributed by atoms with Crippen molar-refractivity contribution in [1.82, 2.24) is 0 Å². The molecule has 2 aromatic rings. The largest absolute Gasteiger partial charge is 0.446 e. The standard InChI is InChI=1S/C14H18N2O3S/c1-10-4-6-13(11(2)8-10)16(3)20(17,18)14-7-5-12(9-15)19-14/h4-8H,9,15H2,1-3H3. The molecule has 20 heavy (non-hydrogen) atoms. The van der Waals surface area contributed by atoms with Gasteiger partial charge in [0.05, 0.1) is 12.2 Å². The Morgan fingerprint density at radius 1 is 1.20 bits per heavy atom. The zero-order chi connectivity index (χ0) is 14.9. The van der Waals surface area contributed by atoms with Crippen LogP contribution in [0.2, 0.25) is 0 Å². The quantitative estimate of drug-likeness (QED) is 0.937. The molecule has 0 bridgehead atoms. The number of anilines is 1. The number of nitrogens with two attached hydrogens (primary N) is 1. The van der Waals surface area contributed by atoms with E-state index in [1.54, 1.807) is 12.1 Å². The van der Waals surface area contributed by atoms with E-state index in [2.05, 4.69) is 0 Å². The van der Waals surface area contributed by atoms with Gasteiger partial charge in [0.25, 0.3) is 10.0 Å². The van der Waals surface area contributed by atoms with Crippen LogP contribution in [0.3, 0.4) is 0 Å². The van der Waals surface area contributed by atoms with E-state index in [0.717, 1.165) is 11.1 Å². The van der Waals surface area contributed by atoms with E-state index < -0.39 is 10.0 Å². The Labute approximate surface area is 119 Å². The van der Waals surface area contributed by atoms with Crippen molar-refractivity contribution in [3.05, 3.63) is 47.2 Å². The molecule has 0 amide bonds. The molecule has 5 nitrogen and oxygen atoms in total. The fourth-order valence-electron chi connectivity index (χ4n) is 2.03. The van der Waals surface area contributed by atoms with Crippen LogP contribution < -0.4 is 10.0 Å². The summed E-state index contributed by atoms with van der Waals surface area (Å²) in [5.74, 6) is 0.442. The van der Waals surface area contributed by atoms with Crippen LogP contribution in [0.5, 0.6) is 0 Å². The van der Waals surface area contributed by atoms with E-state index in [0.29, 0.717) is 11.4 Å². The van der Waals surface area contributed by atoms with E-state index in [-0.39, 0.29) is 11.6 Å². The minimum absolute atomic E-state index is 0.0968. The van der Waals surface area contributed by atoms with Gasteiger partial charge in [-0.2, -0.15) is 8.42 Å². The first-order valence-corrected chi connectivity index (χ1v) is 7.65. The molecule has 0 aliphatic rings. The van der Waals surface area contributed by atoms with Gasteiger partial charge in [-0.05, 0) is 37.6 Å². The van der Waals surface area contributed by atoms with Crippen LogP contribution >= 0.6 is 0 Å². The Balaban J connectivity index is 2.43. The molecular weight excluding hydrogens is 276 g/mol. The average Bonchev–Trinajstić information content (AvgIpc) is 2.87. The first-order valence-electron chi connectivity index (χ1n) is 6.21. The number of furan rings is 1. The van der Waals surface area contributed by atoms with E-state index in [9.17, 15) is 8.42 Å². The highest BCUT2D eigenvalue weighted by molar-refractivity contribution is 7.92. The van der Waals surface area contributed by atoms with Crippen molar-refractivity contribution in [3.63, 3.8) is 0 Å². The van der Waals surface area contributed by atoms with E-state index in [1.807, 2.05) is 26.0 Å². The van der Waals surface area contributed by atoms with Gasteiger partial charge in [0, 0.05) is 7.05 Å². The number of hydrogen-bond donors (Lipinski definition) is 1. The first-order chi connectivity index (χ1) is 9.36. The Hall–Kier alpha value is -1.79. The molecule has 2 rings (SSSR count). The van der Waals surface area contributed by atoms with Crippen LogP contribution in [0.1, 0.15) is 16.9 Å². The third-order valence-electron chi connectivity index (χ3n) is 3.14. The molecule has 0 saturated carbocycles. The predicted octanol–water partition coefficient (Wildman–Crippen LogP) is 2.18. The molecule has 0 fully saturated rings. The summed E-state index contributed by atoms with van der Waals surface area (Å²) in [4.78, 5) is 0. The second-order valence-electron chi connectivity index (χ2n) is 4.69. The second-order valence-corrected chi connectivity index (χ2v) is 6.59. The molecule has 6 heteroatoms. The number of benzene rings is 1. The lowest BCUT2D eigenvalue weighted by Crippen LogP contribution is -2.26. The summed E-state index contributed by atoms with van der Waals surface area (Å²) in [5, 5.41) is -0.0968. The minimum atomic E-state index is -3.71. The normalized spacial score (nSPS) is 11.6.